The minimum absolute atomic E-state index is 0.0612. The number of rotatable bonds is 5. The van der Waals surface area contributed by atoms with E-state index in [4.69, 9.17) is 21.4 Å². The van der Waals surface area contributed by atoms with Gasteiger partial charge in [-0.15, -0.1) is 11.3 Å². The summed E-state index contributed by atoms with van der Waals surface area (Å²) >= 11 is 6.74. The molecule has 1 aromatic heterocycles. The Balaban J connectivity index is 2.08. The number of halogens is 1. The number of ether oxygens (including phenoxy) is 1. The zero-order valence-corrected chi connectivity index (χ0v) is 12.0. The smallest absolute Gasteiger partial charge is 0.347 e. The molecule has 5 nitrogen and oxygen atoms in total. The monoisotopic (exact) mass is 311 g/mol. The first kappa shape index (κ1) is 14.5. The number of hydrogen-bond donors (Lipinski definition) is 1. The van der Waals surface area contributed by atoms with E-state index >= 15 is 0 Å². The molecule has 0 aliphatic rings. The molecule has 0 atom stereocenters. The van der Waals surface area contributed by atoms with E-state index in [-0.39, 0.29) is 22.3 Å². The molecule has 2 rings (SSSR count). The van der Waals surface area contributed by atoms with Gasteiger partial charge in [0.05, 0.1) is 10.7 Å². The molecular weight excluding hydrogens is 302 g/mol. The van der Waals surface area contributed by atoms with Crippen LogP contribution in [0.15, 0.2) is 24.3 Å². The summed E-state index contributed by atoms with van der Waals surface area (Å²) in [6.45, 7) is 1.31. The number of aromatic carboxylic acids is 1. The molecule has 0 saturated carbocycles. The lowest BCUT2D eigenvalue weighted by Gasteiger charge is -2.05. The van der Waals surface area contributed by atoms with Crippen molar-refractivity contribution < 1.29 is 19.4 Å². The van der Waals surface area contributed by atoms with Crippen molar-refractivity contribution in [3.8, 4) is 5.75 Å². The summed E-state index contributed by atoms with van der Waals surface area (Å²) < 4.78 is 5.30. The lowest BCUT2D eigenvalue weighted by molar-refractivity contribution is 0.0701. The fraction of sp³-hybridized carbons (Fsp3) is 0.154. The average molecular weight is 312 g/mol. The Morgan fingerprint density at radius 2 is 2.10 bits per heavy atom. The second kappa shape index (κ2) is 6.02. The Morgan fingerprint density at radius 1 is 1.40 bits per heavy atom. The van der Waals surface area contributed by atoms with Gasteiger partial charge < -0.3 is 9.84 Å². The molecule has 1 N–H and O–H groups in total. The predicted octanol–water partition coefficient (Wildman–Crippen LogP) is 3.06. The van der Waals surface area contributed by atoms with Crippen molar-refractivity contribution in [3.63, 3.8) is 0 Å². The number of carbonyl (C=O) groups is 2. The molecule has 7 heteroatoms. The van der Waals surface area contributed by atoms with Crippen molar-refractivity contribution in [1.29, 1.82) is 0 Å². The summed E-state index contributed by atoms with van der Waals surface area (Å²) in [6, 6.07) is 6.78. The third-order valence-corrected chi connectivity index (χ3v) is 3.92. The van der Waals surface area contributed by atoms with Gasteiger partial charge in [0.25, 0.3) is 0 Å². The summed E-state index contributed by atoms with van der Waals surface area (Å²) in [5.74, 6) is -1.08. The number of carboxylic acid groups (broad SMARTS) is 1. The van der Waals surface area contributed by atoms with Gasteiger partial charge in [0.2, 0.25) is 5.78 Å². The second-order valence-corrected chi connectivity index (χ2v) is 5.29. The predicted molar refractivity (Wildman–Crippen MR) is 75.1 cm³/mol. The van der Waals surface area contributed by atoms with Gasteiger partial charge in [-0.2, -0.15) is 0 Å². The van der Waals surface area contributed by atoms with Gasteiger partial charge in [-0.1, -0.05) is 23.7 Å². The van der Waals surface area contributed by atoms with E-state index in [2.05, 4.69) is 4.98 Å². The van der Waals surface area contributed by atoms with Crippen LogP contribution in [0, 0.1) is 6.92 Å². The van der Waals surface area contributed by atoms with Gasteiger partial charge in [-0.05, 0) is 19.1 Å². The maximum Gasteiger partial charge on any atom is 0.347 e. The third kappa shape index (κ3) is 3.15. The molecule has 0 unspecified atom stereocenters. The van der Waals surface area contributed by atoms with Crippen molar-refractivity contribution in [3.05, 3.63) is 44.9 Å². The minimum Gasteiger partial charge on any atom is -0.484 e. The van der Waals surface area contributed by atoms with E-state index in [0.717, 1.165) is 11.3 Å². The molecule has 104 valence electrons. The molecule has 0 amide bonds. The van der Waals surface area contributed by atoms with Crippen molar-refractivity contribution in [2.45, 2.75) is 6.92 Å². The van der Waals surface area contributed by atoms with Gasteiger partial charge in [0.1, 0.15) is 10.6 Å². The van der Waals surface area contributed by atoms with Crippen LogP contribution in [0.5, 0.6) is 5.75 Å². The molecule has 0 fully saturated rings. The number of aromatic nitrogens is 1. The van der Waals surface area contributed by atoms with E-state index in [9.17, 15) is 9.59 Å². The Hall–Kier alpha value is -1.92. The summed E-state index contributed by atoms with van der Waals surface area (Å²) in [7, 11) is 0. The van der Waals surface area contributed by atoms with E-state index in [0.29, 0.717) is 16.5 Å². The van der Waals surface area contributed by atoms with Crippen LogP contribution in [-0.4, -0.2) is 28.4 Å². The van der Waals surface area contributed by atoms with Crippen molar-refractivity contribution in [1.82, 2.24) is 4.98 Å². The van der Waals surface area contributed by atoms with E-state index < -0.39 is 5.97 Å². The molecule has 2 aromatic rings. The molecule has 0 radical (unpaired) electrons. The molecule has 1 aromatic carbocycles. The quantitative estimate of drug-likeness (QED) is 0.859. The largest absolute Gasteiger partial charge is 0.484 e. The minimum atomic E-state index is -1.09. The van der Waals surface area contributed by atoms with Crippen LogP contribution in [0.3, 0.4) is 0 Å². The topological polar surface area (TPSA) is 76.5 Å². The Kier molecular flexibility index (Phi) is 4.36. The number of carboxylic acids is 1. The molecule has 0 saturated heterocycles. The van der Waals surface area contributed by atoms with Crippen LogP contribution < -0.4 is 4.74 Å². The van der Waals surface area contributed by atoms with Crippen molar-refractivity contribution in [2.75, 3.05) is 6.61 Å². The Morgan fingerprint density at radius 3 is 2.70 bits per heavy atom. The van der Waals surface area contributed by atoms with E-state index in [1.54, 1.807) is 31.2 Å². The molecule has 20 heavy (non-hydrogen) atoms. The number of aryl methyl sites for hydroxylation is 1. The summed E-state index contributed by atoms with van der Waals surface area (Å²) in [5.41, 5.74) is 0.323. The first-order chi connectivity index (χ1) is 9.49. The van der Waals surface area contributed by atoms with Crippen LogP contribution >= 0.6 is 22.9 Å². The lowest BCUT2D eigenvalue weighted by Crippen LogP contribution is -2.11. The van der Waals surface area contributed by atoms with Crippen LogP contribution in [0.2, 0.25) is 5.02 Å². The van der Waals surface area contributed by atoms with E-state index in [1.807, 2.05) is 0 Å². The summed E-state index contributed by atoms with van der Waals surface area (Å²) in [5, 5.41) is 9.44. The number of hydrogen-bond acceptors (Lipinski definition) is 5. The van der Waals surface area contributed by atoms with Gasteiger partial charge in [0.15, 0.2) is 11.6 Å². The van der Waals surface area contributed by atoms with Crippen LogP contribution in [-0.2, 0) is 0 Å². The molecule has 1 heterocycles. The standard InChI is InChI=1S/C13H10ClNO4S/c1-7-11(13(17)18)20-12(15-7)9(16)6-19-10-5-3-2-4-8(10)14/h2-5H,6H2,1H3,(H,17,18). The third-order valence-electron chi connectivity index (χ3n) is 2.42. The van der Waals surface area contributed by atoms with Crippen LogP contribution in [0.4, 0.5) is 0 Å². The highest BCUT2D eigenvalue weighted by atomic mass is 35.5. The SMILES string of the molecule is Cc1nc(C(=O)COc2ccccc2Cl)sc1C(=O)O. The average Bonchev–Trinajstić information content (AvgIpc) is 2.80. The van der Waals surface area contributed by atoms with Crippen LogP contribution in [0.1, 0.15) is 25.2 Å². The molecular formula is C13H10ClNO4S. The van der Waals surface area contributed by atoms with Gasteiger partial charge in [-0.25, -0.2) is 9.78 Å². The number of nitrogens with zero attached hydrogens (tertiary/aromatic N) is 1. The number of para-hydroxylation sites is 1. The van der Waals surface area contributed by atoms with E-state index in [1.165, 1.54) is 0 Å². The van der Waals surface area contributed by atoms with Crippen LogP contribution in [0.25, 0.3) is 0 Å². The highest BCUT2D eigenvalue weighted by molar-refractivity contribution is 7.15. The van der Waals surface area contributed by atoms with Crippen molar-refractivity contribution >= 4 is 34.7 Å². The fourth-order valence-corrected chi connectivity index (χ4v) is 2.50. The zero-order chi connectivity index (χ0) is 14.7. The fourth-order valence-electron chi connectivity index (χ4n) is 1.48. The molecule has 0 spiro atoms. The maximum absolute atomic E-state index is 11.9. The lowest BCUT2D eigenvalue weighted by atomic mass is 10.3. The highest BCUT2D eigenvalue weighted by Gasteiger charge is 2.19. The Labute approximate surface area is 123 Å². The number of Topliss-reactive ketones (excluding diaryl/α,β-unsaturated/α-hetero) is 1. The molecule has 0 aliphatic heterocycles. The highest BCUT2D eigenvalue weighted by Crippen LogP contribution is 2.24. The zero-order valence-electron chi connectivity index (χ0n) is 10.4. The first-order valence-corrected chi connectivity index (χ1v) is 6.79. The normalized spacial score (nSPS) is 10.3. The summed E-state index contributed by atoms with van der Waals surface area (Å²) in [4.78, 5) is 26.8. The Bertz CT molecular complexity index is 668. The van der Waals surface area contributed by atoms with Crippen molar-refractivity contribution in [2.24, 2.45) is 0 Å². The van der Waals surface area contributed by atoms with Gasteiger partial charge >= 0.3 is 5.97 Å². The second-order valence-electron chi connectivity index (χ2n) is 3.88. The number of benzene rings is 1. The number of carbonyl (C=O) groups excluding carboxylic acids is 1. The number of ketones is 1. The molecule has 0 bridgehead atoms. The summed E-state index contributed by atoms with van der Waals surface area (Å²) in [6.07, 6.45) is 0. The maximum atomic E-state index is 11.9. The number of thiazole rings is 1. The molecule has 0 aliphatic carbocycles. The van der Waals surface area contributed by atoms with Gasteiger partial charge in [-0.3, -0.25) is 4.79 Å². The van der Waals surface area contributed by atoms with Gasteiger partial charge in [0, 0.05) is 0 Å². The first-order valence-electron chi connectivity index (χ1n) is 5.60.